The molecular weight excluding hydrogens is 178 g/mol. The van der Waals surface area contributed by atoms with E-state index in [1.807, 2.05) is 0 Å². The van der Waals surface area contributed by atoms with Crippen molar-refractivity contribution in [2.45, 2.75) is 39.3 Å². The van der Waals surface area contributed by atoms with Crippen molar-refractivity contribution in [2.24, 2.45) is 0 Å². The third-order valence-corrected chi connectivity index (χ3v) is 2.55. The molecule has 0 aliphatic carbocycles. The van der Waals surface area contributed by atoms with E-state index >= 15 is 0 Å². The molecule has 1 aliphatic rings. The van der Waals surface area contributed by atoms with E-state index in [2.05, 4.69) is 25.7 Å². The van der Waals surface area contributed by atoms with Crippen molar-refractivity contribution >= 4 is 0 Å². The van der Waals surface area contributed by atoms with Crippen molar-refractivity contribution in [1.82, 2.24) is 4.90 Å². The largest absolute Gasteiger partial charge is 0.379 e. The monoisotopic (exact) mass is 201 g/mol. The first-order valence-electron chi connectivity index (χ1n) is 5.63. The Morgan fingerprint density at radius 1 is 1.50 bits per heavy atom. The van der Waals surface area contributed by atoms with Gasteiger partial charge in [0.05, 0.1) is 19.3 Å². The van der Waals surface area contributed by atoms with Crippen molar-refractivity contribution in [1.29, 1.82) is 0 Å². The predicted octanol–water partition coefficient (Wildman–Crippen LogP) is 1.52. The summed E-state index contributed by atoms with van der Waals surface area (Å²) in [5.41, 5.74) is 0. The van der Waals surface area contributed by atoms with Gasteiger partial charge in [0.2, 0.25) is 0 Å². The van der Waals surface area contributed by atoms with E-state index in [1.54, 1.807) is 0 Å². The summed E-state index contributed by atoms with van der Waals surface area (Å²) in [4.78, 5) is 2.48. The molecule has 0 saturated carbocycles. The fourth-order valence-electron chi connectivity index (χ4n) is 1.68. The van der Waals surface area contributed by atoms with Crippen LogP contribution in [0.25, 0.3) is 0 Å². The third kappa shape index (κ3) is 4.40. The van der Waals surface area contributed by atoms with E-state index in [4.69, 9.17) is 9.47 Å². The summed E-state index contributed by atoms with van der Waals surface area (Å²) < 4.78 is 10.9. The lowest BCUT2D eigenvalue weighted by Gasteiger charge is -2.33. The first-order valence-corrected chi connectivity index (χ1v) is 5.63. The maximum Gasteiger partial charge on any atom is 0.0619 e. The van der Waals surface area contributed by atoms with Crippen molar-refractivity contribution in [3.63, 3.8) is 0 Å². The van der Waals surface area contributed by atoms with Gasteiger partial charge in [-0.15, -0.1) is 0 Å². The van der Waals surface area contributed by atoms with Gasteiger partial charge in [-0.3, -0.25) is 4.90 Å². The van der Waals surface area contributed by atoms with Crippen LogP contribution >= 0.6 is 0 Å². The van der Waals surface area contributed by atoms with Gasteiger partial charge in [0.15, 0.2) is 0 Å². The number of ether oxygens (including phenoxy) is 2. The molecule has 0 spiro atoms. The van der Waals surface area contributed by atoms with Gasteiger partial charge in [-0.2, -0.15) is 0 Å². The molecule has 84 valence electrons. The van der Waals surface area contributed by atoms with E-state index < -0.39 is 0 Å². The van der Waals surface area contributed by atoms with Crippen LogP contribution in [0.3, 0.4) is 0 Å². The Balaban J connectivity index is 2.04. The summed E-state index contributed by atoms with van der Waals surface area (Å²) in [6, 6.07) is 0.572. The van der Waals surface area contributed by atoms with Crippen molar-refractivity contribution < 1.29 is 9.47 Å². The second-order valence-electron chi connectivity index (χ2n) is 4.23. The first-order chi connectivity index (χ1) is 6.70. The minimum Gasteiger partial charge on any atom is -0.379 e. The van der Waals surface area contributed by atoms with Crippen LogP contribution < -0.4 is 0 Å². The molecule has 0 amide bonds. The average Bonchev–Trinajstić information content (AvgIpc) is 2.15. The third-order valence-electron chi connectivity index (χ3n) is 2.55. The van der Waals surface area contributed by atoms with E-state index in [0.29, 0.717) is 12.1 Å². The zero-order valence-electron chi connectivity index (χ0n) is 9.66. The van der Waals surface area contributed by atoms with Crippen LogP contribution in [0.15, 0.2) is 0 Å². The number of rotatable bonds is 5. The highest BCUT2D eigenvalue weighted by atomic mass is 16.5. The van der Waals surface area contributed by atoms with Crippen LogP contribution in [-0.2, 0) is 9.47 Å². The molecule has 1 heterocycles. The van der Waals surface area contributed by atoms with Crippen LogP contribution in [-0.4, -0.2) is 50.0 Å². The van der Waals surface area contributed by atoms with E-state index in [9.17, 15) is 0 Å². The fraction of sp³-hybridized carbons (Fsp3) is 1.00. The topological polar surface area (TPSA) is 21.7 Å². The highest BCUT2D eigenvalue weighted by Gasteiger charge is 2.17. The van der Waals surface area contributed by atoms with Crippen LogP contribution in [0.4, 0.5) is 0 Å². The molecule has 3 nitrogen and oxygen atoms in total. The molecule has 0 radical (unpaired) electrons. The van der Waals surface area contributed by atoms with Gasteiger partial charge in [0, 0.05) is 25.7 Å². The molecule has 0 aromatic carbocycles. The van der Waals surface area contributed by atoms with Crippen molar-refractivity contribution in [2.75, 3.05) is 32.9 Å². The van der Waals surface area contributed by atoms with E-state index in [0.717, 1.165) is 39.3 Å². The molecule has 3 heteroatoms. The summed E-state index contributed by atoms with van der Waals surface area (Å²) in [5, 5.41) is 0. The van der Waals surface area contributed by atoms with Gasteiger partial charge in [-0.1, -0.05) is 0 Å². The van der Waals surface area contributed by atoms with Gasteiger partial charge in [-0.25, -0.2) is 0 Å². The molecule has 1 rings (SSSR count). The van der Waals surface area contributed by atoms with E-state index in [1.165, 1.54) is 0 Å². The number of hydrogen-bond acceptors (Lipinski definition) is 3. The Morgan fingerprint density at radius 3 is 2.93 bits per heavy atom. The van der Waals surface area contributed by atoms with E-state index in [-0.39, 0.29) is 0 Å². The maximum atomic E-state index is 5.51. The minimum absolute atomic E-state index is 0.358. The molecule has 1 saturated heterocycles. The predicted molar refractivity (Wildman–Crippen MR) is 57.6 cm³/mol. The summed E-state index contributed by atoms with van der Waals surface area (Å²) >= 11 is 0. The Hall–Kier alpha value is -0.120. The summed E-state index contributed by atoms with van der Waals surface area (Å²) in [6.07, 6.45) is 1.49. The second kappa shape index (κ2) is 6.38. The highest BCUT2D eigenvalue weighted by molar-refractivity contribution is 4.70. The summed E-state index contributed by atoms with van der Waals surface area (Å²) in [5.74, 6) is 0. The minimum atomic E-state index is 0.358. The maximum absolute atomic E-state index is 5.51. The number of hydrogen-bond donors (Lipinski definition) is 0. The molecule has 1 unspecified atom stereocenters. The molecule has 0 aromatic rings. The molecular formula is C11H23NO2. The summed E-state index contributed by atoms with van der Waals surface area (Å²) in [6.45, 7) is 11.2. The summed E-state index contributed by atoms with van der Waals surface area (Å²) in [7, 11) is 0. The van der Waals surface area contributed by atoms with Gasteiger partial charge in [-0.05, 0) is 27.2 Å². The van der Waals surface area contributed by atoms with Gasteiger partial charge >= 0.3 is 0 Å². The molecule has 1 fully saturated rings. The van der Waals surface area contributed by atoms with Gasteiger partial charge < -0.3 is 9.47 Å². The molecule has 0 bridgehead atoms. The lowest BCUT2D eigenvalue weighted by Crippen LogP contribution is -2.44. The second-order valence-corrected chi connectivity index (χ2v) is 4.23. The molecule has 1 aliphatic heterocycles. The lowest BCUT2D eigenvalue weighted by atomic mass is 10.2. The number of morpholine rings is 1. The Bertz CT molecular complexity index is 150. The first kappa shape index (κ1) is 12.0. The zero-order valence-corrected chi connectivity index (χ0v) is 9.66. The van der Waals surface area contributed by atoms with Gasteiger partial charge in [0.1, 0.15) is 0 Å². The molecule has 1 atom stereocenters. The zero-order chi connectivity index (χ0) is 10.4. The van der Waals surface area contributed by atoms with Crippen LogP contribution in [0.1, 0.15) is 27.2 Å². The highest BCUT2D eigenvalue weighted by Crippen LogP contribution is 2.06. The normalized spacial score (nSPS) is 24.4. The Morgan fingerprint density at radius 2 is 2.29 bits per heavy atom. The van der Waals surface area contributed by atoms with Crippen molar-refractivity contribution in [3.8, 4) is 0 Å². The van der Waals surface area contributed by atoms with Crippen molar-refractivity contribution in [3.05, 3.63) is 0 Å². The van der Waals surface area contributed by atoms with Crippen LogP contribution in [0.5, 0.6) is 0 Å². The standard InChI is InChI=1S/C11H23NO2/c1-10(2)14-7-4-5-12-6-8-13-9-11(12)3/h10-11H,4-9H2,1-3H3. The van der Waals surface area contributed by atoms with Gasteiger partial charge in [0.25, 0.3) is 0 Å². The molecule has 14 heavy (non-hydrogen) atoms. The Kier molecular flexibility index (Phi) is 5.45. The molecule has 0 aromatic heterocycles. The van der Waals surface area contributed by atoms with Crippen LogP contribution in [0, 0.1) is 0 Å². The lowest BCUT2D eigenvalue weighted by molar-refractivity contribution is -0.00690. The SMILES string of the molecule is CC(C)OCCCN1CCOCC1C. The van der Waals surface area contributed by atoms with Crippen LogP contribution in [0.2, 0.25) is 0 Å². The number of nitrogens with zero attached hydrogens (tertiary/aromatic N) is 1. The molecule has 0 N–H and O–H groups in total. The quantitative estimate of drug-likeness (QED) is 0.630. The fourth-order valence-corrected chi connectivity index (χ4v) is 1.68. The average molecular weight is 201 g/mol. The smallest absolute Gasteiger partial charge is 0.0619 e. The Labute approximate surface area is 87.4 Å².